The Kier molecular flexibility index (Phi) is 10.0. The summed E-state index contributed by atoms with van der Waals surface area (Å²) >= 11 is 0. The first-order chi connectivity index (χ1) is 9.77. The van der Waals surface area contributed by atoms with Gasteiger partial charge < -0.3 is 16.2 Å². The number of carboxylic acid groups (broad SMARTS) is 1. The van der Waals surface area contributed by atoms with E-state index in [1.54, 1.807) is 0 Å². The van der Waals surface area contributed by atoms with Crippen LogP contribution in [0, 0.1) is 17.8 Å². The van der Waals surface area contributed by atoms with Crippen LogP contribution in [0.1, 0.15) is 59.8 Å². The fraction of sp³-hybridized carbons (Fsp3) is 0.875. The van der Waals surface area contributed by atoms with Crippen molar-refractivity contribution < 1.29 is 14.7 Å². The lowest BCUT2D eigenvalue weighted by Crippen LogP contribution is -2.45. The summed E-state index contributed by atoms with van der Waals surface area (Å²) in [6, 6.07) is -0.534. The summed E-state index contributed by atoms with van der Waals surface area (Å²) in [6.45, 7) is 8.47. The molecule has 2 unspecified atom stereocenters. The summed E-state index contributed by atoms with van der Waals surface area (Å²) < 4.78 is 0. The van der Waals surface area contributed by atoms with Gasteiger partial charge in [-0.1, -0.05) is 47.0 Å². The number of amides is 1. The van der Waals surface area contributed by atoms with Gasteiger partial charge in [-0.05, 0) is 24.2 Å². The van der Waals surface area contributed by atoms with E-state index in [4.69, 9.17) is 10.8 Å². The van der Waals surface area contributed by atoms with Gasteiger partial charge in [-0.3, -0.25) is 9.59 Å². The number of carbonyl (C=O) groups is 2. The molecule has 0 spiro atoms. The second-order valence-corrected chi connectivity index (χ2v) is 6.46. The van der Waals surface area contributed by atoms with Crippen LogP contribution in [0.15, 0.2) is 0 Å². The number of hydrogen-bond donors (Lipinski definition) is 3. The highest BCUT2D eigenvalue weighted by Crippen LogP contribution is 2.20. The molecule has 1 amide bonds. The number of nitrogens with one attached hydrogen (secondary N) is 1. The molecule has 124 valence electrons. The van der Waals surface area contributed by atoms with Crippen LogP contribution in [0.3, 0.4) is 0 Å². The Balaban J connectivity index is 4.35. The smallest absolute Gasteiger partial charge is 0.303 e. The fourth-order valence-corrected chi connectivity index (χ4v) is 2.39. The summed E-state index contributed by atoms with van der Waals surface area (Å²) in [5.41, 5.74) is 5.79. The average molecular weight is 300 g/mol. The molecule has 0 radical (unpaired) electrons. The van der Waals surface area contributed by atoms with E-state index in [9.17, 15) is 9.59 Å². The SMILES string of the molecule is CCCCC(C)CC(CNC(=O)[C@@H](N)C(C)C)CC(=O)O. The highest BCUT2D eigenvalue weighted by atomic mass is 16.4. The molecule has 5 nitrogen and oxygen atoms in total. The summed E-state index contributed by atoms with van der Waals surface area (Å²) in [4.78, 5) is 22.8. The van der Waals surface area contributed by atoms with Crippen molar-refractivity contribution in [2.45, 2.75) is 65.8 Å². The minimum atomic E-state index is -0.815. The van der Waals surface area contributed by atoms with Crippen LogP contribution in [0.25, 0.3) is 0 Å². The Bertz CT molecular complexity index is 319. The van der Waals surface area contributed by atoms with Gasteiger partial charge in [-0.25, -0.2) is 0 Å². The minimum Gasteiger partial charge on any atom is -0.481 e. The van der Waals surface area contributed by atoms with E-state index in [1.165, 1.54) is 0 Å². The number of carboxylic acids is 1. The van der Waals surface area contributed by atoms with E-state index in [0.29, 0.717) is 12.5 Å². The van der Waals surface area contributed by atoms with E-state index in [1.807, 2.05) is 13.8 Å². The molecule has 4 N–H and O–H groups in total. The summed E-state index contributed by atoms with van der Waals surface area (Å²) in [7, 11) is 0. The Morgan fingerprint density at radius 1 is 1.24 bits per heavy atom. The molecule has 0 saturated heterocycles. The number of hydrogen-bond acceptors (Lipinski definition) is 3. The Hall–Kier alpha value is -1.10. The maximum absolute atomic E-state index is 11.8. The van der Waals surface area contributed by atoms with Gasteiger partial charge in [-0.2, -0.15) is 0 Å². The third-order valence-electron chi connectivity index (χ3n) is 3.84. The topological polar surface area (TPSA) is 92.4 Å². The fourth-order valence-electron chi connectivity index (χ4n) is 2.39. The molecule has 0 saturated carbocycles. The van der Waals surface area contributed by atoms with Crippen molar-refractivity contribution in [3.8, 4) is 0 Å². The molecule has 0 fully saturated rings. The van der Waals surface area contributed by atoms with Crippen LogP contribution < -0.4 is 11.1 Å². The molecule has 0 aliphatic rings. The van der Waals surface area contributed by atoms with E-state index in [-0.39, 0.29) is 24.2 Å². The lowest BCUT2D eigenvalue weighted by molar-refractivity contribution is -0.138. The zero-order valence-corrected chi connectivity index (χ0v) is 13.9. The zero-order valence-electron chi connectivity index (χ0n) is 13.9. The maximum Gasteiger partial charge on any atom is 0.303 e. The molecule has 0 heterocycles. The van der Waals surface area contributed by atoms with Gasteiger partial charge in [0.2, 0.25) is 5.91 Å². The number of aliphatic carboxylic acids is 1. The predicted molar refractivity (Wildman–Crippen MR) is 84.9 cm³/mol. The lowest BCUT2D eigenvalue weighted by Gasteiger charge is -2.22. The van der Waals surface area contributed by atoms with Crippen molar-refractivity contribution in [2.24, 2.45) is 23.5 Å². The third kappa shape index (κ3) is 9.45. The molecule has 21 heavy (non-hydrogen) atoms. The van der Waals surface area contributed by atoms with Gasteiger partial charge >= 0.3 is 5.97 Å². The summed E-state index contributed by atoms with van der Waals surface area (Å²) in [5.74, 6) is -0.485. The van der Waals surface area contributed by atoms with Crippen molar-refractivity contribution in [1.82, 2.24) is 5.32 Å². The number of rotatable bonds is 11. The molecule has 0 bridgehead atoms. The molecule has 0 aromatic rings. The maximum atomic E-state index is 11.8. The molecule has 5 heteroatoms. The van der Waals surface area contributed by atoms with Crippen LogP contribution in [0.4, 0.5) is 0 Å². The van der Waals surface area contributed by atoms with Crippen LogP contribution in [0.5, 0.6) is 0 Å². The van der Waals surface area contributed by atoms with Crippen LogP contribution in [0.2, 0.25) is 0 Å². The number of nitrogens with two attached hydrogens (primary N) is 1. The zero-order chi connectivity index (χ0) is 16.4. The van der Waals surface area contributed by atoms with E-state index in [0.717, 1.165) is 25.7 Å². The molecular weight excluding hydrogens is 268 g/mol. The quantitative estimate of drug-likeness (QED) is 0.546. The van der Waals surface area contributed by atoms with E-state index >= 15 is 0 Å². The highest BCUT2D eigenvalue weighted by Gasteiger charge is 2.21. The molecule has 3 atom stereocenters. The van der Waals surface area contributed by atoms with Crippen LogP contribution >= 0.6 is 0 Å². The number of carbonyl (C=O) groups excluding carboxylic acids is 1. The molecule has 0 aromatic heterocycles. The molecular formula is C16H32N2O3. The van der Waals surface area contributed by atoms with Crippen molar-refractivity contribution in [2.75, 3.05) is 6.54 Å². The largest absolute Gasteiger partial charge is 0.481 e. The van der Waals surface area contributed by atoms with Gasteiger partial charge in [0.15, 0.2) is 0 Å². The monoisotopic (exact) mass is 300 g/mol. The third-order valence-corrected chi connectivity index (χ3v) is 3.84. The highest BCUT2D eigenvalue weighted by molar-refractivity contribution is 5.81. The van der Waals surface area contributed by atoms with Crippen LogP contribution in [-0.4, -0.2) is 29.6 Å². The summed E-state index contributed by atoms with van der Waals surface area (Å²) in [5, 5.41) is 11.8. The predicted octanol–water partition coefficient (Wildman–Crippen LogP) is 2.39. The first kappa shape index (κ1) is 19.9. The van der Waals surface area contributed by atoms with Gasteiger partial charge in [0.05, 0.1) is 6.04 Å². The van der Waals surface area contributed by atoms with Gasteiger partial charge in [0.25, 0.3) is 0 Å². The molecule has 0 aromatic carbocycles. The molecule has 0 aliphatic carbocycles. The standard InChI is InChI=1S/C16H32N2O3/c1-5-6-7-12(4)8-13(9-14(19)20)10-18-16(21)15(17)11(2)3/h11-13,15H,5-10,17H2,1-4H3,(H,18,21)(H,19,20)/t12?,13?,15-/m0/s1. The second-order valence-electron chi connectivity index (χ2n) is 6.46. The number of unbranched alkanes of at least 4 members (excludes halogenated alkanes) is 1. The van der Waals surface area contributed by atoms with Gasteiger partial charge in [0, 0.05) is 13.0 Å². The second kappa shape index (κ2) is 10.6. The normalized spacial score (nSPS) is 15.5. The van der Waals surface area contributed by atoms with E-state index < -0.39 is 12.0 Å². The first-order valence-corrected chi connectivity index (χ1v) is 8.02. The average Bonchev–Trinajstić information content (AvgIpc) is 2.40. The van der Waals surface area contributed by atoms with Crippen molar-refractivity contribution >= 4 is 11.9 Å². The Labute approximate surface area is 128 Å². The van der Waals surface area contributed by atoms with Crippen LogP contribution in [-0.2, 0) is 9.59 Å². The lowest BCUT2D eigenvalue weighted by atomic mass is 9.89. The van der Waals surface area contributed by atoms with Gasteiger partial charge in [-0.15, -0.1) is 0 Å². The Morgan fingerprint density at radius 3 is 2.33 bits per heavy atom. The molecule has 0 aliphatic heterocycles. The van der Waals surface area contributed by atoms with Crippen molar-refractivity contribution in [1.29, 1.82) is 0 Å². The van der Waals surface area contributed by atoms with Gasteiger partial charge in [0.1, 0.15) is 0 Å². The minimum absolute atomic E-state index is 0.0299. The van der Waals surface area contributed by atoms with E-state index in [2.05, 4.69) is 19.2 Å². The van der Waals surface area contributed by atoms with Crippen molar-refractivity contribution in [3.63, 3.8) is 0 Å². The Morgan fingerprint density at radius 2 is 1.86 bits per heavy atom. The first-order valence-electron chi connectivity index (χ1n) is 8.02. The van der Waals surface area contributed by atoms with Crippen molar-refractivity contribution in [3.05, 3.63) is 0 Å². The molecule has 0 rings (SSSR count). The summed E-state index contributed by atoms with van der Waals surface area (Å²) in [6.07, 6.45) is 4.32.